The van der Waals surface area contributed by atoms with Gasteiger partial charge in [-0.3, -0.25) is 0 Å². The van der Waals surface area contributed by atoms with Gasteiger partial charge in [-0.2, -0.15) is 0 Å². The van der Waals surface area contributed by atoms with E-state index in [1.165, 1.54) is 12.8 Å². The standard InChI is InChI=1S/C12H23NO4S/c1-12(4-5-18(15,16)9-12)13-6-11(14)8-17-7-10-2-3-10/h10-11,13-14H,2-9H2,1H3. The second-order valence-electron chi connectivity index (χ2n) is 5.92. The summed E-state index contributed by atoms with van der Waals surface area (Å²) in [5, 5.41) is 12.9. The number of sulfone groups is 1. The number of ether oxygens (including phenoxy) is 1. The lowest BCUT2D eigenvalue weighted by Gasteiger charge is -2.25. The van der Waals surface area contributed by atoms with E-state index in [4.69, 9.17) is 4.74 Å². The Morgan fingerprint density at radius 3 is 2.78 bits per heavy atom. The van der Waals surface area contributed by atoms with Crippen molar-refractivity contribution in [3.05, 3.63) is 0 Å². The fourth-order valence-corrected chi connectivity index (χ4v) is 4.35. The third-order valence-corrected chi connectivity index (χ3v) is 5.53. The van der Waals surface area contributed by atoms with E-state index in [0.29, 0.717) is 25.5 Å². The lowest BCUT2D eigenvalue weighted by Crippen LogP contribution is -2.47. The first kappa shape index (κ1) is 14.2. The summed E-state index contributed by atoms with van der Waals surface area (Å²) in [6.07, 6.45) is 2.53. The van der Waals surface area contributed by atoms with Crippen LogP contribution in [-0.4, -0.2) is 56.4 Å². The largest absolute Gasteiger partial charge is 0.389 e. The van der Waals surface area contributed by atoms with E-state index in [1.54, 1.807) is 0 Å². The first-order valence-electron chi connectivity index (χ1n) is 6.60. The molecular formula is C12H23NO4S. The van der Waals surface area contributed by atoms with Gasteiger partial charge in [0.2, 0.25) is 0 Å². The smallest absolute Gasteiger partial charge is 0.152 e. The van der Waals surface area contributed by atoms with E-state index in [0.717, 1.165) is 6.61 Å². The zero-order chi connectivity index (χ0) is 13.2. The summed E-state index contributed by atoms with van der Waals surface area (Å²) in [6, 6.07) is 0. The van der Waals surface area contributed by atoms with Gasteiger partial charge in [0, 0.05) is 18.7 Å². The lowest BCUT2D eigenvalue weighted by molar-refractivity contribution is 0.0295. The molecule has 1 aliphatic carbocycles. The summed E-state index contributed by atoms with van der Waals surface area (Å²) in [5.74, 6) is 1.10. The summed E-state index contributed by atoms with van der Waals surface area (Å²) in [7, 11) is -2.90. The quantitative estimate of drug-likeness (QED) is 0.682. The second kappa shape index (κ2) is 5.45. The molecule has 0 bridgehead atoms. The van der Waals surface area contributed by atoms with Gasteiger partial charge in [-0.15, -0.1) is 0 Å². The monoisotopic (exact) mass is 277 g/mol. The van der Waals surface area contributed by atoms with Crippen LogP contribution in [0.3, 0.4) is 0 Å². The molecule has 2 aliphatic rings. The van der Waals surface area contributed by atoms with Crippen LogP contribution in [0.15, 0.2) is 0 Å². The van der Waals surface area contributed by atoms with Crippen molar-refractivity contribution in [2.24, 2.45) is 5.92 Å². The zero-order valence-electron chi connectivity index (χ0n) is 10.9. The minimum Gasteiger partial charge on any atom is -0.389 e. The molecule has 0 aromatic rings. The van der Waals surface area contributed by atoms with Crippen molar-refractivity contribution in [2.75, 3.05) is 31.3 Å². The molecule has 18 heavy (non-hydrogen) atoms. The number of hydrogen-bond acceptors (Lipinski definition) is 5. The minimum atomic E-state index is -2.90. The molecule has 1 aliphatic heterocycles. The van der Waals surface area contributed by atoms with Crippen LogP contribution >= 0.6 is 0 Å². The minimum absolute atomic E-state index is 0.162. The van der Waals surface area contributed by atoms with Gasteiger partial charge < -0.3 is 15.2 Å². The molecule has 1 saturated carbocycles. The normalized spacial score (nSPS) is 32.6. The SMILES string of the molecule is CC1(NCC(O)COCC2CC2)CCS(=O)(=O)C1. The van der Waals surface area contributed by atoms with Crippen LogP contribution < -0.4 is 5.32 Å². The van der Waals surface area contributed by atoms with E-state index in [-0.39, 0.29) is 11.5 Å². The van der Waals surface area contributed by atoms with Crippen LogP contribution in [-0.2, 0) is 14.6 Å². The highest BCUT2D eigenvalue weighted by Gasteiger charge is 2.38. The molecule has 0 amide bonds. The number of nitrogens with one attached hydrogen (secondary N) is 1. The molecule has 1 saturated heterocycles. The van der Waals surface area contributed by atoms with Crippen LogP contribution in [0, 0.1) is 5.92 Å². The molecule has 1 heterocycles. The highest BCUT2D eigenvalue weighted by atomic mass is 32.2. The van der Waals surface area contributed by atoms with E-state index in [9.17, 15) is 13.5 Å². The molecule has 2 atom stereocenters. The highest BCUT2D eigenvalue weighted by molar-refractivity contribution is 7.91. The first-order chi connectivity index (χ1) is 8.39. The Labute approximate surface area is 109 Å². The molecule has 2 N–H and O–H groups in total. The van der Waals surface area contributed by atoms with E-state index in [1.807, 2.05) is 6.92 Å². The van der Waals surface area contributed by atoms with E-state index < -0.39 is 21.5 Å². The van der Waals surface area contributed by atoms with Gasteiger partial charge in [-0.25, -0.2) is 8.42 Å². The maximum Gasteiger partial charge on any atom is 0.152 e. The number of hydrogen-bond donors (Lipinski definition) is 2. The molecule has 2 unspecified atom stereocenters. The maximum absolute atomic E-state index is 11.4. The highest BCUT2D eigenvalue weighted by Crippen LogP contribution is 2.28. The maximum atomic E-state index is 11.4. The molecule has 0 aromatic heterocycles. The summed E-state index contributed by atoms with van der Waals surface area (Å²) in [4.78, 5) is 0. The van der Waals surface area contributed by atoms with Crippen LogP contribution in [0.5, 0.6) is 0 Å². The van der Waals surface area contributed by atoms with Crippen molar-refractivity contribution < 1.29 is 18.3 Å². The van der Waals surface area contributed by atoms with Crippen LogP contribution in [0.2, 0.25) is 0 Å². The molecule has 106 valence electrons. The van der Waals surface area contributed by atoms with Gasteiger partial charge in [-0.1, -0.05) is 0 Å². The van der Waals surface area contributed by atoms with Gasteiger partial charge in [0.05, 0.1) is 24.2 Å². The average Bonchev–Trinajstić information content (AvgIpc) is 3.03. The van der Waals surface area contributed by atoms with Crippen molar-refractivity contribution >= 4 is 9.84 Å². The summed E-state index contributed by atoms with van der Waals surface area (Å²) < 4.78 is 28.2. The first-order valence-corrected chi connectivity index (χ1v) is 8.42. The summed E-state index contributed by atoms with van der Waals surface area (Å²) in [6.45, 7) is 3.35. The van der Waals surface area contributed by atoms with Gasteiger partial charge in [0.15, 0.2) is 9.84 Å². The topological polar surface area (TPSA) is 75.6 Å². The molecule has 5 nitrogen and oxygen atoms in total. The fraction of sp³-hybridized carbons (Fsp3) is 1.00. The molecular weight excluding hydrogens is 254 g/mol. The Kier molecular flexibility index (Phi) is 4.31. The molecule has 0 spiro atoms. The molecule has 6 heteroatoms. The predicted octanol–water partition coefficient (Wildman–Crippen LogP) is -0.0593. The average molecular weight is 277 g/mol. The number of β-amino-alcohol motifs (C(OH)–C–C–N with tert-alkyl or cyclic N) is 1. The van der Waals surface area contributed by atoms with Crippen LogP contribution in [0.1, 0.15) is 26.2 Å². The summed E-state index contributed by atoms with van der Waals surface area (Å²) in [5.41, 5.74) is -0.393. The predicted molar refractivity (Wildman–Crippen MR) is 69.2 cm³/mol. The Balaban J connectivity index is 1.63. The van der Waals surface area contributed by atoms with Crippen molar-refractivity contribution in [1.29, 1.82) is 0 Å². The number of aliphatic hydroxyl groups excluding tert-OH is 1. The van der Waals surface area contributed by atoms with Gasteiger partial charge in [0.1, 0.15) is 0 Å². The second-order valence-corrected chi connectivity index (χ2v) is 8.10. The molecule has 0 radical (unpaired) electrons. The third-order valence-electron chi connectivity index (χ3n) is 3.63. The van der Waals surface area contributed by atoms with E-state index in [2.05, 4.69) is 5.32 Å². The van der Waals surface area contributed by atoms with Crippen LogP contribution in [0.4, 0.5) is 0 Å². The Morgan fingerprint density at radius 2 is 2.22 bits per heavy atom. The summed E-state index contributed by atoms with van der Waals surface area (Å²) >= 11 is 0. The zero-order valence-corrected chi connectivity index (χ0v) is 11.7. The van der Waals surface area contributed by atoms with Crippen molar-refractivity contribution in [3.8, 4) is 0 Å². The Hall–Kier alpha value is -0.170. The van der Waals surface area contributed by atoms with Gasteiger partial charge in [-0.05, 0) is 32.1 Å². The molecule has 0 aromatic carbocycles. The van der Waals surface area contributed by atoms with E-state index >= 15 is 0 Å². The van der Waals surface area contributed by atoms with Gasteiger partial charge in [0.25, 0.3) is 0 Å². The number of aliphatic hydroxyl groups is 1. The fourth-order valence-electron chi connectivity index (χ4n) is 2.23. The van der Waals surface area contributed by atoms with Gasteiger partial charge >= 0.3 is 0 Å². The molecule has 2 fully saturated rings. The third kappa shape index (κ3) is 4.50. The van der Waals surface area contributed by atoms with Crippen LogP contribution in [0.25, 0.3) is 0 Å². The lowest BCUT2D eigenvalue weighted by atomic mass is 10.0. The number of rotatable bonds is 7. The molecule has 2 rings (SSSR count). The Morgan fingerprint density at radius 1 is 1.50 bits per heavy atom. The van der Waals surface area contributed by atoms with Crippen molar-refractivity contribution in [2.45, 2.75) is 37.8 Å². The van der Waals surface area contributed by atoms with Crippen molar-refractivity contribution in [1.82, 2.24) is 5.32 Å². The van der Waals surface area contributed by atoms with Crippen molar-refractivity contribution in [3.63, 3.8) is 0 Å². The Bertz CT molecular complexity index is 380.